The lowest BCUT2D eigenvalue weighted by Crippen LogP contribution is -1.93. The summed E-state index contributed by atoms with van der Waals surface area (Å²) in [6.07, 6.45) is 10.6. The van der Waals surface area contributed by atoms with Gasteiger partial charge in [-0.2, -0.15) is 0 Å². The number of unbranched alkanes of at least 4 members (excludes halogenated alkanes) is 1. The minimum Gasteiger partial charge on any atom is -0.0651 e. The minimum atomic E-state index is 0.857. The molecular weight excluding hydrogens is 312 g/mol. The maximum atomic E-state index is 2.34. The van der Waals surface area contributed by atoms with Gasteiger partial charge in [0.1, 0.15) is 0 Å². The van der Waals surface area contributed by atoms with Crippen molar-refractivity contribution in [2.75, 3.05) is 0 Å². The first-order chi connectivity index (χ1) is 12.6. The van der Waals surface area contributed by atoms with Crippen molar-refractivity contribution in [1.82, 2.24) is 0 Å². The van der Waals surface area contributed by atoms with E-state index in [4.69, 9.17) is 0 Å². The first-order valence-corrected chi connectivity index (χ1v) is 10.7. The summed E-state index contributed by atoms with van der Waals surface area (Å²) in [5, 5.41) is 0. The summed E-state index contributed by atoms with van der Waals surface area (Å²) >= 11 is 0. The van der Waals surface area contributed by atoms with Gasteiger partial charge in [0.2, 0.25) is 0 Å². The third-order valence-electron chi connectivity index (χ3n) is 5.04. The Bertz CT molecular complexity index is 526. The first-order valence-electron chi connectivity index (χ1n) is 10.7. The summed E-state index contributed by atoms with van der Waals surface area (Å²) in [7, 11) is 0. The third-order valence-corrected chi connectivity index (χ3v) is 5.04. The van der Waals surface area contributed by atoms with Crippen LogP contribution in [0.25, 0.3) is 0 Å². The van der Waals surface area contributed by atoms with Crippen LogP contribution in [0.3, 0.4) is 0 Å². The molecular formula is C26H40. The Hall–Kier alpha value is -1.56. The zero-order chi connectivity index (χ0) is 19.0. The summed E-state index contributed by atoms with van der Waals surface area (Å²) < 4.78 is 0. The van der Waals surface area contributed by atoms with Crippen molar-refractivity contribution in [3.8, 4) is 0 Å². The normalized spacial score (nSPS) is 11.7. The monoisotopic (exact) mass is 352 g/mol. The lowest BCUT2D eigenvalue weighted by atomic mass is 9.99. The van der Waals surface area contributed by atoms with Crippen LogP contribution in [0.2, 0.25) is 0 Å². The van der Waals surface area contributed by atoms with Crippen molar-refractivity contribution in [1.29, 1.82) is 0 Å². The molecule has 0 heteroatoms. The van der Waals surface area contributed by atoms with Gasteiger partial charge in [-0.3, -0.25) is 0 Å². The maximum absolute atomic E-state index is 2.34. The van der Waals surface area contributed by atoms with E-state index in [-0.39, 0.29) is 0 Å². The van der Waals surface area contributed by atoms with Crippen molar-refractivity contribution >= 4 is 0 Å². The van der Waals surface area contributed by atoms with Crippen molar-refractivity contribution in [2.45, 2.75) is 79.1 Å². The highest BCUT2D eigenvalue weighted by Gasteiger charge is 1.98. The zero-order valence-electron chi connectivity index (χ0n) is 17.6. The van der Waals surface area contributed by atoms with E-state index in [1.165, 1.54) is 62.5 Å². The number of hydrogen-bond donors (Lipinski definition) is 0. The average molecular weight is 353 g/mol. The van der Waals surface area contributed by atoms with Crippen LogP contribution in [-0.2, 0) is 12.8 Å². The molecule has 0 heterocycles. The fraction of sp³-hybridized carbons (Fsp3) is 0.538. The number of rotatable bonds is 10. The predicted molar refractivity (Wildman–Crippen MR) is 118 cm³/mol. The number of hydrogen-bond acceptors (Lipinski definition) is 0. The Morgan fingerprint density at radius 2 is 1.12 bits per heavy atom. The summed E-state index contributed by atoms with van der Waals surface area (Å²) in [5.41, 5.74) is 2.96. The van der Waals surface area contributed by atoms with Gasteiger partial charge in [-0.05, 0) is 48.6 Å². The highest BCUT2D eigenvalue weighted by atomic mass is 14.0. The van der Waals surface area contributed by atoms with E-state index in [9.17, 15) is 0 Å². The third kappa shape index (κ3) is 11.9. The molecule has 0 radical (unpaired) electrons. The fourth-order valence-electron chi connectivity index (χ4n) is 3.03. The van der Waals surface area contributed by atoms with Gasteiger partial charge < -0.3 is 0 Å². The lowest BCUT2D eigenvalue weighted by Gasteiger charge is -2.07. The number of aryl methyl sites for hydroxylation is 2. The molecule has 0 aromatic heterocycles. The van der Waals surface area contributed by atoms with Crippen molar-refractivity contribution in [3.63, 3.8) is 0 Å². The SMILES string of the molecule is CC(C)CCCCc1ccccc1.CCC(C)CCCc1ccccc1. The largest absolute Gasteiger partial charge is 0.0651 e. The van der Waals surface area contributed by atoms with Crippen LogP contribution in [0.1, 0.15) is 77.3 Å². The molecule has 0 fully saturated rings. The molecule has 0 aliphatic heterocycles. The Kier molecular flexibility index (Phi) is 12.6. The van der Waals surface area contributed by atoms with Crippen molar-refractivity contribution in [2.24, 2.45) is 11.8 Å². The minimum absolute atomic E-state index is 0.857. The van der Waals surface area contributed by atoms with E-state index in [0.717, 1.165) is 11.8 Å². The van der Waals surface area contributed by atoms with E-state index >= 15 is 0 Å². The van der Waals surface area contributed by atoms with Crippen LogP contribution in [0, 0.1) is 11.8 Å². The molecule has 0 aliphatic rings. The molecule has 0 saturated carbocycles. The van der Waals surface area contributed by atoms with Crippen LogP contribution < -0.4 is 0 Å². The molecule has 2 rings (SSSR count). The molecule has 2 aromatic rings. The topological polar surface area (TPSA) is 0 Å². The quantitative estimate of drug-likeness (QED) is 0.379. The van der Waals surface area contributed by atoms with Gasteiger partial charge in [0, 0.05) is 0 Å². The summed E-state index contributed by atoms with van der Waals surface area (Å²) in [6.45, 7) is 9.20. The van der Waals surface area contributed by atoms with Gasteiger partial charge in [-0.15, -0.1) is 0 Å². The molecule has 144 valence electrons. The van der Waals surface area contributed by atoms with Crippen LogP contribution in [0.5, 0.6) is 0 Å². The average Bonchev–Trinajstić information content (AvgIpc) is 2.67. The maximum Gasteiger partial charge on any atom is -0.0279 e. The van der Waals surface area contributed by atoms with Gasteiger partial charge in [-0.25, -0.2) is 0 Å². The molecule has 0 amide bonds. The molecule has 0 nitrogen and oxygen atoms in total. The number of benzene rings is 2. The predicted octanol–water partition coefficient (Wildman–Crippen LogP) is 8.11. The van der Waals surface area contributed by atoms with Gasteiger partial charge in [-0.1, -0.05) is 114 Å². The Morgan fingerprint density at radius 3 is 1.58 bits per heavy atom. The molecule has 0 bridgehead atoms. The van der Waals surface area contributed by atoms with Crippen molar-refractivity contribution in [3.05, 3.63) is 71.8 Å². The molecule has 1 atom stereocenters. The Balaban J connectivity index is 0.000000260. The molecule has 0 spiro atoms. The summed E-state index contributed by atoms with van der Waals surface area (Å²) in [5.74, 6) is 1.75. The molecule has 0 aliphatic carbocycles. The fourth-order valence-corrected chi connectivity index (χ4v) is 3.03. The van der Waals surface area contributed by atoms with E-state index in [1.807, 2.05) is 0 Å². The molecule has 1 unspecified atom stereocenters. The van der Waals surface area contributed by atoms with E-state index in [1.54, 1.807) is 0 Å². The van der Waals surface area contributed by atoms with Gasteiger partial charge in [0.15, 0.2) is 0 Å². The second-order valence-corrected chi connectivity index (χ2v) is 8.02. The zero-order valence-corrected chi connectivity index (χ0v) is 17.6. The first kappa shape index (κ1) is 22.5. The van der Waals surface area contributed by atoms with Gasteiger partial charge in [0.25, 0.3) is 0 Å². The Morgan fingerprint density at radius 1 is 0.615 bits per heavy atom. The second-order valence-electron chi connectivity index (χ2n) is 8.02. The summed E-state index contributed by atoms with van der Waals surface area (Å²) in [4.78, 5) is 0. The van der Waals surface area contributed by atoms with E-state index in [0.29, 0.717) is 0 Å². The van der Waals surface area contributed by atoms with Crippen molar-refractivity contribution < 1.29 is 0 Å². The van der Waals surface area contributed by atoms with Crippen LogP contribution in [-0.4, -0.2) is 0 Å². The smallest absolute Gasteiger partial charge is 0.0279 e. The van der Waals surface area contributed by atoms with Crippen LogP contribution >= 0.6 is 0 Å². The lowest BCUT2D eigenvalue weighted by molar-refractivity contribution is 0.496. The van der Waals surface area contributed by atoms with Crippen LogP contribution in [0.4, 0.5) is 0 Å². The van der Waals surface area contributed by atoms with Crippen LogP contribution in [0.15, 0.2) is 60.7 Å². The molecule has 26 heavy (non-hydrogen) atoms. The van der Waals surface area contributed by atoms with E-state index in [2.05, 4.69) is 88.4 Å². The molecule has 2 aromatic carbocycles. The standard InChI is InChI=1S/2C13H20/c1-12(2)8-6-7-11-13-9-4-3-5-10-13;1-3-12(2)8-7-11-13-9-5-4-6-10-13/h3-5,9-10,12H,6-8,11H2,1-2H3;4-6,9-10,12H,3,7-8,11H2,1-2H3. The van der Waals surface area contributed by atoms with Gasteiger partial charge in [0.05, 0.1) is 0 Å². The van der Waals surface area contributed by atoms with Gasteiger partial charge >= 0.3 is 0 Å². The molecule has 0 saturated heterocycles. The molecule has 0 N–H and O–H groups in total. The Labute approximate surface area is 163 Å². The highest BCUT2D eigenvalue weighted by Crippen LogP contribution is 2.12. The highest BCUT2D eigenvalue weighted by molar-refractivity contribution is 5.15. The summed E-state index contributed by atoms with van der Waals surface area (Å²) in [6, 6.07) is 21.5. The second kappa shape index (κ2) is 14.6. The van der Waals surface area contributed by atoms with E-state index < -0.39 is 0 Å².